The van der Waals surface area contributed by atoms with Gasteiger partial charge in [-0.15, -0.1) is 11.3 Å². The van der Waals surface area contributed by atoms with Crippen molar-refractivity contribution in [3.05, 3.63) is 46.5 Å². The molecule has 0 saturated heterocycles. The first-order valence-electron chi connectivity index (χ1n) is 6.86. The van der Waals surface area contributed by atoms with E-state index in [0.29, 0.717) is 0 Å². The van der Waals surface area contributed by atoms with E-state index in [4.69, 9.17) is 11.8 Å². The normalized spacial score (nSPS) is 15.1. The van der Waals surface area contributed by atoms with Gasteiger partial charge in [0.15, 0.2) is 5.69 Å². The molecule has 0 atom stereocenters. The van der Waals surface area contributed by atoms with Gasteiger partial charge in [-0.3, -0.25) is 0 Å². The molecule has 1 aliphatic rings. The molecule has 0 amide bonds. The molecule has 5 nitrogen and oxygen atoms in total. The first-order chi connectivity index (χ1) is 10.6. The summed E-state index contributed by atoms with van der Waals surface area (Å²) in [6, 6.07) is 9.25. The van der Waals surface area contributed by atoms with Gasteiger partial charge in [0.05, 0.1) is 10.4 Å². The van der Waals surface area contributed by atoms with Crippen LogP contribution in [0.2, 0.25) is 0 Å². The fourth-order valence-electron chi connectivity index (χ4n) is 2.71. The third kappa shape index (κ3) is 2.20. The summed E-state index contributed by atoms with van der Waals surface area (Å²) in [4.78, 5) is 13.6. The minimum atomic E-state index is -0.979. The number of nitrogens with zero attached hydrogens (tertiary/aromatic N) is 3. The predicted octanol–water partition coefficient (Wildman–Crippen LogP) is 3.27. The molecule has 1 aliphatic heterocycles. The van der Waals surface area contributed by atoms with Gasteiger partial charge in [0, 0.05) is 18.0 Å². The van der Waals surface area contributed by atoms with Crippen LogP contribution in [-0.2, 0) is 13.0 Å². The molecule has 0 fully saturated rings. The summed E-state index contributed by atoms with van der Waals surface area (Å²) in [7, 11) is 0. The Hall–Kier alpha value is -1.89. The second-order valence-corrected chi connectivity index (χ2v) is 6.85. The molecule has 4 heterocycles. The molecule has 0 aliphatic carbocycles. The molecule has 0 saturated carbocycles. The van der Waals surface area contributed by atoms with E-state index in [0.717, 1.165) is 35.6 Å². The van der Waals surface area contributed by atoms with Crippen LogP contribution in [0, 0.1) is 0 Å². The molecule has 0 aromatic carbocycles. The van der Waals surface area contributed by atoms with E-state index in [9.17, 15) is 9.90 Å². The molecule has 22 heavy (non-hydrogen) atoms. The van der Waals surface area contributed by atoms with Gasteiger partial charge in [-0.1, -0.05) is 0 Å². The third-order valence-corrected chi connectivity index (χ3v) is 5.34. The molecule has 1 N–H and O–H groups in total. The van der Waals surface area contributed by atoms with Crippen molar-refractivity contribution in [1.82, 2.24) is 14.0 Å². The first-order valence-corrected chi connectivity index (χ1v) is 8.02. The standard InChI is InChI=1S/C15H12ClN3O2S/c16-18-6-5-13-9(8-18)7-14(22-13)11-3-1-10-2-4-12(15(20)21)19(10)17-11/h1-4,7H,5-6,8H2,(H,20,21). The lowest BCUT2D eigenvalue weighted by Crippen LogP contribution is -2.20. The number of carbonyl (C=O) groups is 1. The van der Waals surface area contributed by atoms with Gasteiger partial charge in [0.25, 0.3) is 0 Å². The van der Waals surface area contributed by atoms with Gasteiger partial charge < -0.3 is 5.11 Å². The van der Waals surface area contributed by atoms with E-state index in [1.54, 1.807) is 27.9 Å². The van der Waals surface area contributed by atoms with E-state index >= 15 is 0 Å². The number of rotatable bonds is 2. The Morgan fingerprint density at radius 2 is 2.14 bits per heavy atom. The van der Waals surface area contributed by atoms with Crippen molar-refractivity contribution in [3.63, 3.8) is 0 Å². The van der Waals surface area contributed by atoms with Crippen molar-refractivity contribution < 1.29 is 9.90 Å². The van der Waals surface area contributed by atoms with Crippen LogP contribution in [0.3, 0.4) is 0 Å². The molecule has 0 spiro atoms. The summed E-state index contributed by atoms with van der Waals surface area (Å²) in [5.74, 6) is -0.979. The maximum atomic E-state index is 11.2. The average molecular weight is 334 g/mol. The van der Waals surface area contributed by atoms with E-state index in [1.165, 1.54) is 15.0 Å². The van der Waals surface area contributed by atoms with Crippen molar-refractivity contribution in [3.8, 4) is 10.6 Å². The Morgan fingerprint density at radius 1 is 1.32 bits per heavy atom. The molecule has 112 valence electrons. The molecular weight excluding hydrogens is 322 g/mol. The predicted molar refractivity (Wildman–Crippen MR) is 85.4 cm³/mol. The van der Waals surface area contributed by atoms with Gasteiger partial charge in [-0.25, -0.2) is 13.7 Å². The summed E-state index contributed by atoms with van der Waals surface area (Å²) < 4.78 is 3.26. The van der Waals surface area contributed by atoms with Crippen molar-refractivity contribution in [2.24, 2.45) is 0 Å². The highest BCUT2D eigenvalue weighted by Gasteiger charge is 2.19. The van der Waals surface area contributed by atoms with Gasteiger partial charge in [0.1, 0.15) is 5.69 Å². The van der Waals surface area contributed by atoms with Gasteiger partial charge in [0.2, 0.25) is 0 Å². The number of aromatic carboxylic acids is 1. The summed E-state index contributed by atoms with van der Waals surface area (Å²) >= 11 is 7.78. The monoisotopic (exact) mass is 333 g/mol. The highest BCUT2D eigenvalue weighted by molar-refractivity contribution is 7.15. The van der Waals surface area contributed by atoms with Crippen LogP contribution in [0.25, 0.3) is 16.1 Å². The molecule has 4 rings (SSSR count). The third-order valence-electron chi connectivity index (χ3n) is 3.80. The van der Waals surface area contributed by atoms with Crippen molar-refractivity contribution >= 4 is 34.6 Å². The Kier molecular flexibility index (Phi) is 3.18. The van der Waals surface area contributed by atoms with Crippen LogP contribution in [0.15, 0.2) is 30.3 Å². The summed E-state index contributed by atoms with van der Waals surface area (Å²) in [5.41, 5.74) is 2.96. The maximum absolute atomic E-state index is 11.2. The van der Waals surface area contributed by atoms with Gasteiger partial charge in [-0.2, -0.15) is 5.10 Å². The summed E-state index contributed by atoms with van der Waals surface area (Å²) in [6.45, 7) is 1.58. The smallest absolute Gasteiger partial charge is 0.354 e. The molecule has 0 unspecified atom stereocenters. The number of aromatic nitrogens is 2. The maximum Gasteiger partial charge on any atom is 0.354 e. The van der Waals surface area contributed by atoms with E-state index in [-0.39, 0.29) is 5.69 Å². The fraction of sp³-hybridized carbons (Fsp3) is 0.200. The topological polar surface area (TPSA) is 57.8 Å². The first kappa shape index (κ1) is 13.8. The van der Waals surface area contributed by atoms with Crippen LogP contribution in [0.5, 0.6) is 0 Å². The zero-order chi connectivity index (χ0) is 15.3. The number of fused-ring (bicyclic) bond motifs is 2. The Bertz CT molecular complexity index is 886. The average Bonchev–Trinajstić information content (AvgIpc) is 3.09. The van der Waals surface area contributed by atoms with Crippen LogP contribution in [-0.4, -0.2) is 31.7 Å². The minimum Gasteiger partial charge on any atom is -0.477 e. The van der Waals surface area contributed by atoms with E-state index < -0.39 is 5.97 Å². The highest BCUT2D eigenvalue weighted by Crippen LogP contribution is 2.34. The zero-order valence-electron chi connectivity index (χ0n) is 11.5. The second-order valence-electron chi connectivity index (χ2n) is 5.23. The fourth-order valence-corrected chi connectivity index (χ4v) is 4.05. The molecule has 3 aromatic rings. The van der Waals surface area contributed by atoms with E-state index in [2.05, 4.69) is 11.2 Å². The summed E-state index contributed by atoms with van der Waals surface area (Å²) in [5, 5.41) is 13.7. The van der Waals surface area contributed by atoms with Crippen molar-refractivity contribution in [1.29, 1.82) is 0 Å². The Labute approximate surface area is 135 Å². The SMILES string of the molecule is O=C(O)c1ccc2ccc(-c3cc4c(s3)CCN(Cl)C4)nn12. The summed E-state index contributed by atoms with van der Waals surface area (Å²) in [6.07, 6.45) is 0.940. The molecular formula is C15H12ClN3O2S. The lowest BCUT2D eigenvalue weighted by Gasteiger charge is -2.18. The second kappa shape index (κ2) is 5.08. The lowest BCUT2D eigenvalue weighted by molar-refractivity contribution is 0.0688. The van der Waals surface area contributed by atoms with E-state index in [1.807, 2.05) is 12.1 Å². The van der Waals surface area contributed by atoms with Crippen molar-refractivity contribution in [2.45, 2.75) is 13.0 Å². The van der Waals surface area contributed by atoms with Gasteiger partial charge >= 0.3 is 5.97 Å². The highest BCUT2D eigenvalue weighted by atomic mass is 35.5. The molecule has 7 heteroatoms. The number of thiophene rings is 1. The van der Waals surface area contributed by atoms with Crippen LogP contribution < -0.4 is 0 Å². The Morgan fingerprint density at radius 3 is 2.95 bits per heavy atom. The van der Waals surface area contributed by atoms with Crippen molar-refractivity contribution in [2.75, 3.05) is 6.54 Å². The van der Waals surface area contributed by atoms with Crippen LogP contribution in [0.4, 0.5) is 0 Å². The molecule has 0 radical (unpaired) electrons. The molecule has 0 bridgehead atoms. The number of hydrogen-bond donors (Lipinski definition) is 1. The molecule has 3 aromatic heterocycles. The quantitative estimate of drug-likeness (QED) is 0.731. The van der Waals surface area contributed by atoms with Crippen LogP contribution >= 0.6 is 23.1 Å². The zero-order valence-corrected chi connectivity index (χ0v) is 13.1. The largest absolute Gasteiger partial charge is 0.477 e. The number of hydrogen-bond acceptors (Lipinski definition) is 4. The number of carboxylic acid groups (broad SMARTS) is 1. The minimum absolute atomic E-state index is 0.171. The number of carboxylic acids is 1. The lowest BCUT2D eigenvalue weighted by atomic mass is 10.1. The Balaban J connectivity index is 1.81. The number of halogens is 1. The van der Waals surface area contributed by atoms with Crippen LogP contribution in [0.1, 0.15) is 20.9 Å². The van der Waals surface area contributed by atoms with Gasteiger partial charge in [-0.05, 0) is 54.1 Å².